The number of nitrogens with zero attached hydrogens (tertiary/aromatic N) is 5. The zero-order valence-electron chi connectivity index (χ0n) is 21.9. The van der Waals surface area contributed by atoms with E-state index in [1.807, 2.05) is 6.07 Å². The minimum Gasteiger partial charge on any atom is -0.494 e. The van der Waals surface area contributed by atoms with Gasteiger partial charge in [-0.3, -0.25) is 15.2 Å². The summed E-state index contributed by atoms with van der Waals surface area (Å²) in [7, 11) is 2.99. The summed E-state index contributed by atoms with van der Waals surface area (Å²) < 4.78 is 34.2. The van der Waals surface area contributed by atoms with Crippen molar-refractivity contribution in [3.05, 3.63) is 95.6 Å². The fraction of sp³-hybridized carbons (Fsp3) is 0.143. The van der Waals surface area contributed by atoms with Crippen LogP contribution in [0.2, 0.25) is 0 Å². The molecule has 4 aromatic rings. The predicted molar refractivity (Wildman–Crippen MR) is 150 cm³/mol. The number of anilines is 3. The van der Waals surface area contributed by atoms with Gasteiger partial charge in [-0.15, -0.1) is 0 Å². The Morgan fingerprint density at radius 3 is 2.62 bits per heavy atom. The number of pyridine rings is 1. The van der Waals surface area contributed by atoms with Gasteiger partial charge in [0.1, 0.15) is 23.8 Å². The second-order valence-corrected chi connectivity index (χ2v) is 8.58. The molecule has 0 bridgehead atoms. The molecule has 2 heterocycles. The van der Waals surface area contributed by atoms with Gasteiger partial charge in [0.2, 0.25) is 5.82 Å². The Labute approximate surface area is 229 Å². The highest BCUT2D eigenvalue weighted by Crippen LogP contribution is 2.28. The quantitative estimate of drug-likeness (QED) is 0.157. The van der Waals surface area contributed by atoms with Gasteiger partial charge in [-0.25, -0.2) is 19.4 Å². The highest BCUT2D eigenvalue weighted by molar-refractivity contribution is 6.16. The summed E-state index contributed by atoms with van der Waals surface area (Å²) in [6.45, 7) is 1.79. The van der Waals surface area contributed by atoms with Crippen molar-refractivity contribution in [1.82, 2.24) is 15.0 Å². The molecule has 0 spiro atoms. The van der Waals surface area contributed by atoms with Crippen molar-refractivity contribution in [2.75, 3.05) is 30.1 Å². The number of methoxy groups -OCH3 is 1. The van der Waals surface area contributed by atoms with E-state index in [0.29, 0.717) is 29.1 Å². The zero-order valence-corrected chi connectivity index (χ0v) is 21.9. The molecule has 0 amide bonds. The maximum Gasteiger partial charge on any atom is 0.201 e. The number of hydrogen-bond acceptors (Lipinski definition) is 9. The Hall–Kier alpha value is -5.26. The number of nitrogens with two attached hydrogens (primary N) is 1. The van der Waals surface area contributed by atoms with Crippen molar-refractivity contribution in [3.63, 3.8) is 0 Å². The normalized spacial score (nSPS) is 12.0. The first kappa shape index (κ1) is 27.8. The SMILES string of the molecule is COc1ccc(C(=N)c2c(N)ncnc2NC(C)C(=Nc2ccccc2C=O)N(C)c2cccnc2)c(F)c1F. The topological polar surface area (TPSA) is 142 Å². The summed E-state index contributed by atoms with van der Waals surface area (Å²) in [5.41, 5.74) is 6.82. The van der Waals surface area contributed by atoms with E-state index in [2.05, 4.69) is 20.3 Å². The van der Waals surface area contributed by atoms with Crippen LogP contribution >= 0.6 is 0 Å². The Morgan fingerprint density at radius 2 is 1.93 bits per heavy atom. The number of para-hydroxylation sites is 1. The van der Waals surface area contributed by atoms with E-state index in [-0.39, 0.29) is 28.5 Å². The van der Waals surface area contributed by atoms with Gasteiger partial charge >= 0.3 is 0 Å². The number of nitrogen functional groups attached to an aromatic ring is 1. The molecular formula is C28H26F2N8O2. The van der Waals surface area contributed by atoms with Gasteiger partial charge in [0.15, 0.2) is 17.9 Å². The number of carbonyl (C=O) groups is 1. The summed E-state index contributed by atoms with van der Waals surface area (Å²) in [6, 6.07) is 12.3. The van der Waals surface area contributed by atoms with Crippen molar-refractivity contribution >= 4 is 40.8 Å². The van der Waals surface area contributed by atoms with E-state index >= 15 is 0 Å². The molecule has 0 aliphatic carbocycles. The van der Waals surface area contributed by atoms with Crippen molar-refractivity contribution in [3.8, 4) is 5.75 Å². The number of nitrogens with one attached hydrogen (secondary N) is 2. The van der Waals surface area contributed by atoms with Crippen LogP contribution in [0.4, 0.5) is 31.8 Å². The van der Waals surface area contributed by atoms with Gasteiger partial charge in [0.05, 0.1) is 42.0 Å². The average molecular weight is 545 g/mol. The van der Waals surface area contributed by atoms with Gasteiger partial charge in [-0.05, 0) is 43.3 Å². The second-order valence-electron chi connectivity index (χ2n) is 8.58. The smallest absolute Gasteiger partial charge is 0.201 e. The van der Waals surface area contributed by atoms with E-state index < -0.39 is 23.4 Å². The fourth-order valence-corrected chi connectivity index (χ4v) is 4.00. The van der Waals surface area contributed by atoms with Crippen LogP contribution < -0.4 is 20.7 Å². The number of carbonyl (C=O) groups excluding carboxylic acids is 1. The Bertz CT molecular complexity index is 1580. The standard InChI is InChI=1S/C28H26F2N8O2/c1-16(28(38(2)18-8-6-12-33-13-18)37-20-9-5-4-7-17(20)14-39)36-27-22(26(32)34-15-35-27)25(31)19-10-11-21(40-3)24(30)23(19)29/h4-16,31H,1-3H3,(H3,32,34,35,36). The van der Waals surface area contributed by atoms with Gasteiger partial charge < -0.3 is 20.7 Å². The Morgan fingerprint density at radius 1 is 1.15 bits per heavy atom. The molecule has 10 nitrogen and oxygen atoms in total. The van der Waals surface area contributed by atoms with Gasteiger partial charge in [0.25, 0.3) is 0 Å². The number of ether oxygens (including phenoxy) is 1. The maximum atomic E-state index is 14.9. The maximum absolute atomic E-state index is 14.9. The summed E-state index contributed by atoms with van der Waals surface area (Å²) in [4.78, 5) is 30.6. The number of benzene rings is 2. The summed E-state index contributed by atoms with van der Waals surface area (Å²) >= 11 is 0. The predicted octanol–water partition coefficient (Wildman–Crippen LogP) is 4.64. The summed E-state index contributed by atoms with van der Waals surface area (Å²) in [5.74, 6) is -2.36. The largest absolute Gasteiger partial charge is 0.494 e. The molecule has 40 heavy (non-hydrogen) atoms. The van der Waals surface area contributed by atoms with Crippen LogP contribution in [0.15, 0.2) is 72.2 Å². The van der Waals surface area contributed by atoms with Crippen molar-refractivity contribution in [2.24, 2.45) is 4.99 Å². The van der Waals surface area contributed by atoms with E-state index in [9.17, 15) is 13.6 Å². The zero-order chi connectivity index (χ0) is 28.8. The van der Waals surface area contributed by atoms with Crippen LogP contribution in [0, 0.1) is 17.0 Å². The van der Waals surface area contributed by atoms with Crippen LogP contribution in [-0.4, -0.2) is 53.0 Å². The minimum absolute atomic E-state index is 0.0329. The monoisotopic (exact) mass is 544 g/mol. The van der Waals surface area contributed by atoms with E-state index in [1.54, 1.807) is 61.6 Å². The molecule has 0 saturated heterocycles. The van der Waals surface area contributed by atoms with Crippen molar-refractivity contribution in [1.29, 1.82) is 5.41 Å². The molecule has 4 N–H and O–H groups in total. The lowest BCUT2D eigenvalue weighted by Gasteiger charge is -2.27. The summed E-state index contributed by atoms with van der Waals surface area (Å²) in [6.07, 6.45) is 5.19. The van der Waals surface area contributed by atoms with E-state index in [4.69, 9.17) is 20.9 Å². The van der Waals surface area contributed by atoms with Gasteiger partial charge in [0, 0.05) is 24.4 Å². The number of halogens is 2. The van der Waals surface area contributed by atoms with Crippen LogP contribution in [0.3, 0.4) is 0 Å². The third kappa shape index (κ3) is 5.60. The number of aromatic nitrogens is 3. The van der Waals surface area contributed by atoms with Gasteiger partial charge in [-0.2, -0.15) is 4.39 Å². The second kappa shape index (κ2) is 12.1. The van der Waals surface area contributed by atoms with Crippen LogP contribution in [0.25, 0.3) is 0 Å². The minimum atomic E-state index is -1.27. The number of likely N-dealkylation sites (N-methyl/N-ethyl adjacent to an activating group) is 1. The molecule has 2 aromatic heterocycles. The molecule has 12 heteroatoms. The first-order chi connectivity index (χ1) is 19.3. The molecule has 1 atom stereocenters. The number of amidine groups is 1. The molecule has 4 rings (SSSR count). The first-order valence-corrected chi connectivity index (χ1v) is 12.0. The third-order valence-electron chi connectivity index (χ3n) is 6.08. The van der Waals surface area contributed by atoms with Crippen molar-refractivity contribution < 1.29 is 18.3 Å². The lowest BCUT2D eigenvalue weighted by atomic mass is 10.0. The van der Waals surface area contributed by atoms with Crippen LogP contribution in [0.5, 0.6) is 5.75 Å². The molecule has 1 unspecified atom stereocenters. The molecule has 0 radical (unpaired) electrons. The molecular weight excluding hydrogens is 518 g/mol. The molecule has 2 aromatic carbocycles. The third-order valence-corrected chi connectivity index (χ3v) is 6.08. The van der Waals surface area contributed by atoms with Crippen molar-refractivity contribution in [2.45, 2.75) is 13.0 Å². The molecule has 0 aliphatic heterocycles. The van der Waals surface area contributed by atoms with Crippen LogP contribution in [0.1, 0.15) is 28.4 Å². The number of hydrogen-bond donors (Lipinski definition) is 3. The number of rotatable bonds is 9. The summed E-state index contributed by atoms with van der Waals surface area (Å²) in [5, 5.41) is 11.9. The number of aldehydes is 1. The highest BCUT2D eigenvalue weighted by atomic mass is 19.2. The van der Waals surface area contributed by atoms with E-state index in [0.717, 1.165) is 0 Å². The lowest BCUT2D eigenvalue weighted by Crippen LogP contribution is -2.40. The Kier molecular flexibility index (Phi) is 8.38. The average Bonchev–Trinajstić information content (AvgIpc) is 2.97. The van der Waals surface area contributed by atoms with Crippen LogP contribution in [-0.2, 0) is 0 Å². The number of aliphatic imine (C=N–C) groups is 1. The lowest BCUT2D eigenvalue weighted by molar-refractivity contribution is 0.112. The van der Waals surface area contributed by atoms with E-state index in [1.165, 1.54) is 25.6 Å². The molecule has 0 fully saturated rings. The molecule has 0 aliphatic rings. The molecule has 204 valence electrons. The highest BCUT2D eigenvalue weighted by Gasteiger charge is 2.25. The Balaban J connectivity index is 1.78. The first-order valence-electron chi connectivity index (χ1n) is 12.0. The fourth-order valence-electron chi connectivity index (χ4n) is 4.00. The van der Waals surface area contributed by atoms with Gasteiger partial charge in [-0.1, -0.05) is 12.1 Å². The molecule has 0 saturated carbocycles.